The van der Waals surface area contributed by atoms with Crippen LogP contribution < -0.4 is 0 Å². The van der Waals surface area contributed by atoms with Crippen LogP contribution in [0.2, 0.25) is 10.0 Å². The zero-order valence-corrected chi connectivity index (χ0v) is 23.9. The van der Waals surface area contributed by atoms with Gasteiger partial charge in [-0.25, -0.2) is 4.39 Å². The second-order valence-corrected chi connectivity index (χ2v) is 10.2. The van der Waals surface area contributed by atoms with Gasteiger partial charge in [0.25, 0.3) is 0 Å². The van der Waals surface area contributed by atoms with E-state index in [1.807, 2.05) is 26.0 Å². The van der Waals surface area contributed by atoms with E-state index in [9.17, 15) is 14.3 Å². The van der Waals surface area contributed by atoms with Crippen molar-refractivity contribution in [3.63, 3.8) is 0 Å². The molecule has 2 aromatic carbocycles. The third-order valence-electron chi connectivity index (χ3n) is 6.27. The predicted molar refractivity (Wildman–Crippen MR) is 148 cm³/mol. The Morgan fingerprint density at radius 1 is 1.11 bits per heavy atom. The Bertz CT molecular complexity index is 998. The highest BCUT2D eigenvalue weighted by Gasteiger charge is 2.21. The van der Waals surface area contributed by atoms with Crippen molar-refractivity contribution in [1.29, 1.82) is 0 Å². The van der Waals surface area contributed by atoms with Gasteiger partial charge in [-0.05, 0) is 100.0 Å². The molecule has 1 N–H and O–H groups in total. The zero-order chi connectivity index (χ0) is 27.4. The molecule has 0 amide bonds. The SMILES string of the molecule is CCOC(=O)CCc1cc(C)c(F)cc1C(CC)OCC(O)CN1CCCC1.Cc1ccc(Cl)c(Cl)c1. The van der Waals surface area contributed by atoms with E-state index >= 15 is 0 Å². The molecule has 0 saturated carbocycles. The molecule has 1 saturated heterocycles. The van der Waals surface area contributed by atoms with Gasteiger partial charge < -0.3 is 19.5 Å². The van der Waals surface area contributed by atoms with Gasteiger partial charge in [-0.1, -0.05) is 42.3 Å². The number of carbonyl (C=O) groups is 1. The number of aryl methyl sites for hydroxylation is 3. The fourth-order valence-electron chi connectivity index (χ4n) is 4.31. The Morgan fingerprint density at radius 3 is 2.41 bits per heavy atom. The lowest BCUT2D eigenvalue weighted by Gasteiger charge is -2.24. The first-order chi connectivity index (χ1) is 17.6. The van der Waals surface area contributed by atoms with Crippen LogP contribution in [0.25, 0.3) is 0 Å². The summed E-state index contributed by atoms with van der Waals surface area (Å²) >= 11 is 11.3. The molecule has 1 aliphatic heterocycles. The van der Waals surface area contributed by atoms with E-state index in [4.69, 9.17) is 32.7 Å². The second kappa shape index (κ2) is 16.3. The summed E-state index contributed by atoms with van der Waals surface area (Å²) in [5.74, 6) is -0.542. The first-order valence-electron chi connectivity index (χ1n) is 13.0. The van der Waals surface area contributed by atoms with E-state index < -0.39 is 6.10 Å². The van der Waals surface area contributed by atoms with Crippen molar-refractivity contribution >= 4 is 29.2 Å². The molecule has 0 bridgehead atoms. The Hall–Kier alpha value is -1.70. The summed E-state index contributed by atoms with van der Waals surface area (Å²) in [5, 5.41) is 11.5. The number of rotatable bonds is 11. The van der Waals surface area contributed by atoms with Gasteiger partial charge >= 0.3 is 5.97 Å². The Morgan fingerprint density at radius 2 is 1.81 bits per heavy atom. The number of nitrogens with zero attached hydrogens (tertiary/aromatic N) is 1. The van der Waals surface area contributed by atoms with Gasteiger partial charge in [0, 0.05) is 13.0 Å². The molecule has 2 unspecified atom stereocenters. The quantitative estimate of drug-likeness (QED) is 0.307. The highest BCUT2D eigenvalue weighted by molar-refractivity contribution is 6.42. The van der Waals surface area contributed by atoms with Crippen LogP contribution in [-0.4, -0.2) is 54.9 Å². The van der Waals surface area contributed by atoms with Crippen LogP contribution >= 0.6 is 23.2 Å². The number of aliphatic hydroxyl groups excluding tert-OH is 1. The molecule has 3 rings (SSSR count). The summed E-state index contributed by atoms with van der Waals surface area (Å²) in [6, 6.07) is 8.85. The summed E-state index contributed by atoms with van der Waals surface area (Å²) in [6.45, 7) is 10.7. The smallest absolute Gasteiger partial charge is 0.306 e. The number of halogens is 3. The van der Waals surface area contributed by atoms with Crippen LogP contribution in [0.15, 0.2) is 30.3 Å². The number of ether oxygens (including phenoxy) is 2. The maximum absolute atomic E-state index is 14.2. The summed E-state index contributed by atoms with van der Waals surface area (Å²) in [4.78, 5) is 14.0. The number of likely N-dealkylation sites (tertiary alicyclic amines) is 1. The number of β-amino-alcohol motifs (C(OH)–C–C–N with tert-alkyl or cyclic N) is 1. The fourth-order valence-corrected chi connectivity index (χ4v) is 4.67. The van der Waals surface area contributed by atoms with Gasteiger partial charge in [-0.15, -0.1) is 0 Å². The van der Waals surface area contributed by atoms with Crippen LogP contribution in [0.4, 0.5) is 4.39 Å². The second-order valence-electron chi connectivity index (χ2n) is 9.41. The van der Waals surface area contributed by atoms with E-state index in [1.54, 1.807) is 26.0 Å². The number of hydrogen-bond donors (Lipinski definition) is 1. The van der Waals surface area contributed by atoms with Crippen LogP contribution in [0.3, 0.4) is 0 Å². The molecule has 206 valence electrons. The average molecular weight is 557 g/mol. The van der Waals surface area contributed by atoms with E-state index in [2.05, 4.69) is 4.90 Å². The Kier molecular flexibility index (Phi) is 13.9. The van der Waals surface area contributed by atoms with Crippen LogP contribution in [0.1, 0.15) is 67.9 Å². The van der Waals surface area contributed by atoms with Crippen molar-refractivity contribution in [1.82, 2.24) is 4.90 Å². The minimum absolute atomic E-state index is 0.210. The van der Waals surface area contributed by atoms with Gasteiger partial charge in [0.1, 0.15) is 5.82 Å². The zero-order valence-electron chi connectivity index (χ0n) is 22.4. The van der Waals surface area contributed by atoms with Crippen molar-refractivity contribution in [2.45, 2.75) is 72.0 Å². The molecular weight excluding hydrogens is 516 g/mol. The lowest BCUT2D eigenvalue weighted by atomic mass is 9.95. The Labute approximate surface area is 230 Å². The maximum atomic E-state index is 14.2. The minimum Gasteiger partial charge on any atom is -0.466 e. The molecule has 1 heterocycles. The molecular formula is C29H40Cl2FNO4. The van der Waals surface area contributed by atoms with E-state index in [0.29, 0.717) is 41.6 Å². The molecule has 2 atom stereocenters. The standard InChI is InChI=1S/C22H34FNO4.C7H6Cl2/c1-4-21(28-15-18(25)14-24-10-6-7-11-24)19-13-20(23)16(3)12-17(19)8-9-22(26)27-5-2;1-5-2-3-6(8)7(9)4-5/h12-13,18,21,25H,4-11,14-15H2,1-3H3;2-4H,1H3. The topological polar surface area (TPSA) is 59.0 Å². The average Bonchev–Trinajstić information content (AvgIpc) is 3.36. The highest BCUT2D eigenvalue weighted by atomic mass is 35.5. The number of hydrogen-bond acceptors (Lipinski definition) is 5. The third kappa shape index (κ3) is 10.9. The van der Waals surface area contributed by atoms with E-state index in [-0.39, 0.29) is 30.9 Å². The largest absolute Gasteiger partial charge is 0.466 e. The van der Waals surface area contributed by atoms with Gasteiger partial charge in [0.2, 0.25) is 0 Å². The van der Waals surface area contributed by atoms with E-state index in [0.717, 1.165) is 29.8 Å². The number of esters is 1. The van der Waals surface area contributed by atoms with Crippen LogP contribution in [0.5, 0.6) is 0 Å². The summed E-state index contributed by atoms with van der Waals surface area (Å²) in [5.41, 5.74) is 3.33. The van der Waals surface area contributed by atoms with Gasteiger partial charge in [-0.3, -0.25) is 4.79 Å². The van der Waals surface area contributed by atoms with E-state index in [1.165, 1.54) is 18.9 Å². The summed E-state index contributed by atoms with van der Waals surface area (Å²) in [6.07, 6.45) is 2.86. The summed E-state index contributed by atoms with van der Waals surface area (Å²) in [7, 11) is 0. The van der Waals surface area contributed by atoms with Crippen molar-refractivity contribution in [3.05, 3.63) is 68.4 Å². The van der Waals surface area contributed by atoms with Crippen molar-refractivity contribution in [2.75, 3.05) is 32.8 Å². The van der Waals surface area contributed by atoms with Gasteiger partial charge in [-0.2, -0.15) is 0 Å². The predicted octanol–water partition coefficient (Wildman–Crippen LogP) is 6.86. The van der Waals surface area contributed by atoms with Gasteiger partial charge in [0.05, 0.1) is 35.5 Å². The Balaban J connectivity index is 0.000000449. The summed E-state index contributed by atoms with van der Waals surface area (Å²) < 4.78 is 25.2. The van der Waals surface area contributed by atoms with Crippen LogP contribution in [-0.2, 0) is 20.7 Å². The molecule has 2 aromatic rings. The third-order valence-corrected chi connectivity index (χ3v) is 7.01. The van der Waals surface area contributed by atoms with Crippen molar-refractivity contribution in [2.24, 2.45) is 0 Å². The molecule has 1 fully saturated rings. The monoisotopic (exact) mass is 555 g/mol. The molecule has 0 aliphatic carbocycles. The lowest BCUT2D eigenvalue weighted by molar-refractivity contribution is -0.143. The molecule has 0 spiro atoms. The molecule has 5 nitrogen and oxygen atoms in total. The molecule has 1 aliphatic rings. The van der Waals surface area contributed by atoms with Crippen molar-refractivity contribution < 1.29 is 23.8 Å². The number of aliphatic hydroxyl groups is 1. The normalized spacial score (nSPS) is 15.1. The number of benzene rings is 2. The lowest BCUT2D eigenvalue weighted by Crippen LogP contribution is -2.33. The van der Waals surface area contributed by atoms with Crippen molar-refractivity contribution in [3.8, 4) is 0 Å². The molecule has 8 heteroatoms. The first-order valence-corrected chi connectivity index (χ1v) is 13.8. The van der Waals surface area contributed by atoms with Crippen LogP contribution in [0, 0.1) is 19.7 Å². The molecule has 0 radical (unpaired) electrons. The molecule has 37 heavy (non-hydrogen) atoms. The van der Waals surface area contributed by atoms with Gasteiger partial charge in [0.15, 0.2) is 0 Å². The fraction of sp³-hybridized carbons (Fsp3) is 0.552. The number of carbonyl (C=O) groups excluding carboxylic acids is 1. The maximum Gasteiger partial charge on any atom is 0.306 e. The first kappa shape index (κ1) is 31.5. The highest BCUT2D eigenvalue weighted by Crippen LogP contribution is 2.28. The minimum atomic E-state index is -0.564. The molecule has 0 aromatic heterocycles.